The molecule has 12 heavy (non-hydrogen) atoms. The normalized spacial score (nSPS) is 9.50. The van der Waals surface area contributed by atoms with Gasteiger partial charge in [0.15, 0.2) is 0 Å². The number of carbonyl (C=O) groups is 1. The maximum atomic E-state index is 11.2. The van der Waals surface area contributed by atoms with Crippen molar-refractivity contribution in [3.63, 3.8) is 0 Å². The van der Waals surface area contributed by atoms with Gasteiger partial charge in [0.1, 0.15) is 0 Å². The minimum absolute atomic E-state index is 0.123. The van der Waals surface area contributed by atoms with Crippen molar-refractivity contribution in [2.45, 2.75) is 0 Å². The first-order valence-electron chi connectivity index (χ1n) is 3.42. The lowest BCUT2D eigenvalue weighted by atomic mass is 10.2. The zero-order chi connectivity index (χ0) is 9.14. The quantitative estimate of drug-likeness (QED) is 0.715. The zero-order valence-corrected chi connectivity index (χ0v) is 8.18. The Morgan fingerprint density at radius 3 is 2.75 bits per heavy atom. The van der Waals surface area contributed by atoms with Gasteiger partial charge in [-0.3, -0.25) is 4.79 Å². The second kappa shape index (κ2) is 3.58. The third-order valence-corrected chi connectivity index (χ3v) is 2.12. The number of anilines is 1. The highest BCUT2D eigenvalue weighted by molar-refractivity contribution is 9.10. The predicted molar refractivity (Wildman–Crippen MR) is 51.9 cm³/mol. The second-order valence-corrected chi connectivity index (χ2v) is 3.17. The lowest BCUT2D eigenvalue weighted by Crippen LogP contribution is -2.18. The van der Waals surface area contributed by atoms with Gasteiger partial charge in [-0.15, -0.1) is 0 Å². The Hall–Kier alpha value is -1.03. The minimum atomic E-state index is -0.123. The Morgan fingerprint density at radius 1 is 1.58 bits per heavy atom. The summed E-state index contributed by atoms with van der Waals surface area (Å²) >= 11 is 3.25. The van der Waals surface area contributed by atoms with Crippen LogP contribution in [0, 0.1) is 0 Å². The van der Waals surface area contributed by atoms with E-state index < -0.39 is 0 Å². The van der Waals surface area contributed by atoms with Crippen molar-refractivity contribution in [1.82, 2.24) is 5.32 Å². The molecule has 1 rings (SSSR count). The molecule has 0 aliphatic heterocycles. The fourth-order valence-electron chi connectivity index (χ4n) is 0.850. The molecule has 0 aliphatic carbocycles. The highest BCUT2D eigenvalue weighted by atomic mass is 79.9. The summed E-state index contributed by atoms with van der Waals surface area (Å²) in [6.45, 7) is 0. The topological polar surface area (TPSA) is 55.1 Å². The van der Waals surface area contributed by atoms with E-state index in [1.165, 1.54) is 0 Å². The van der Waals surface area contributed by atoms with Crippen LogP contribution in [0.15, 0.2) is 22.7 Å². The number of hydrogen-bond donors (Lipinski definition) is 2. The van der Waals surface area contributed by atoms with Crippen molar-refractivity contribution in [3.8, 4) is 0 Å². The molecule has 0 aliphatic rings. The van der Waals surface area contributed by atoms with Crippen LogP contribution >= 0.6 is 15.9 Å². The molecule has 0 radical (unpaired) electrons. The van der Waals surface area contributed by atoms with Crippen LogP contribution in [-0.2, 0) is 0 Å². The summed E-state index contributed by atoms with van der Waals surface area (Å²) in [6.07, 6.45) is 0. The zero-order valence-electron chi connectivity index (χ0n) is 6.60. The van der Waals surface area contributed by atoms with Crippen LogP contribution in [0.25, 0.3) is 0 Å². The number of nitrogens with two attached hydrogens (primary N) is 1. The Morgan fingerprint density at radius 2 is 2.25 bits per heavy atom. The Bertz CT molecular complexity index is 312. The van der Waals surface area contributed by atoms with Crippen LogP contribution in [0.1, 0.15) is 10.4 Å². The summed E-state index contributed by atoms with van der Waals surface area (Å²) in [5.41, 5.74) is 6.73. The first-order valence-corrected chi connectivity index (χ1v) is 4.21. The molecule has 0 fully saturated rings. The average Bonchev–Trinajstić information content (AvgIpc) is 2.03. The molecule has 0 heterocycles. The van der Waals surface area contributed by atoms with Gasteiger partial charge in [0.2, 0.25) is 0 Å². The van der Waals surface area contributed by atoms with Crippen LogP contribution in [0.5, 0.6) is 0 Å². The number of carbonyl (C=O) groups excluding carboxylic acids is 1. The number of hydrogen-bond acceptors (Lipinski definition) is 2. The molecule has 0 bridgehead atoms. The van der Waals surface area contributed by atoms with Gasteiger partial charge in [-0.05, 0) is 34.1 Å². The highest BCUT2D eigenvalue weighted by Gasteiger charge is 2.06. The monoisotopic (exact) mass is 228 g/mol. The fourth-order valence-corrected chi connectivity index (χ4v) is 1.43. The Labute approximate surface area is 79.1 Å². The molecule has 0 saturated heterocycles. The third-order valence-electron chi connectivity index (χ3n) is 1.46. The lowest BCUT2D eigenvalue weighted by molar-refractivity contribution is 0.0962. The first-order chi connectivity index (χ1) is 5.65. The molecule has 0 saturated carbocycles. The summed E-state index contributed by atoms with van der Waals surface area (Å²) < 4.78 is 0.710. The molecule has 4 heteroatoms. The lowest BCUT2D eigenvalue weighted by Gasteiger charge is -2.02. The summed E-state index contributed by atoms with van der Waals surface area (Å²) in [4.78, 5) is 11.2. The van der Waals surface area contributed by atoms with E-state index in [4.69, 9.17) is 5.73 Å². The number of amides is 1. The SMILES string of the molecule is CNC(=O)c1ccc(N)cc1Br. The van der Waals surface area contributed by atoms with Gasteiger partial charge in [0.25, 0.3) is 5.91 Å². The summed E-state index contributed by atoms with van der Waals surface area (Å²) in [6, 6.07) is 5.07. The first kappa shape index (κ1) is 9.06. The van der Waals surface area contributed by atoms with Gasteiger partial charge in [0.05, 0.1) is 5.56 Å². The van der Waals surface area contributed by atoms with Gasteiger partial charge in [-0.1, -0.05) is 0 Å². The highest BCUT2D eigenvalue weighted by Crippen LogP contribution is 2.19. The van der Waals surface area contributed by atoms with Crippen LogP contribution in [-0.4, -0.2) is 13.0 Å². The van der Waals surface area contributed by atoms with E-state index in [-0.39, 0.29) is 5.91 Å². The number of nitrogen functional groups attached to an aromatic ring is 1. The molecule has 0 unspecified atom stereocenters. The molecular formula is C8H9BrN2O. The van der Waals surface area contributed by atoms with Gasteiger partial charge in [0, 0.05) is 17.2 Å². The molecule has 1 amide bonds. The molecular weight excluding hydrogens is 220 g/mol. The smallest absolute Gasteiger partial charge is 0.252 e. The van der Waals surface area contributed by atoms with Gasteiger partial charge < -0.3 is 11.1 Å². The number of rotatable bonds is 1. The summed E-state index contributed by atoms with van der Waals surface area (Å²) in [5, 5.41) is 2.53. The number of halogens is 1. The third kappa shape index (κ3) is 1.76. The molecule has 64 valence electrons. The van der Waals surface area contributed by atoms with Crippen LogP contribution < -0.4 is 11.1 Å². The van der Waals surface area contributed by atoms with Crippen LogP contribution in [0.4, 0.5) is 5.69 Å². The molecule has 3 N–H and O–H groups in total. The van der Waals surface area contributed by atoms with Crippen molar-refractivity contribution < 1.29 is 4.79 Å². The van der Waals surface area contributed by atoms with Crippen molar-refractivity contribution in [1.29, 1.82) is 0 Å². The summed E-state index contributed by atoms with van der Waals surface area (Å²) in [5.74, 6) is -0.123. The van der Waals surface area contributed by atoms with E-state index in [1.54, 1.807) is 25.2 Å². The summed E-state index contributed by atoms with van der Waals surface area (Å²) in [7, 11) is 1.59. The van der Waals surface area contributed by atoms with Crippen LogP contribution in [0.2, 0.25) is 0 Å². The largest absolute Gasteiger partial charge is 0.399 e. The number of benzene rings is 1. The minimum Gasteiger partial charge on any atom is -0.399 e. The second-order valence-electron chi connectivity index (χ2n) is 2.32. The molecule has 0 atom stereocenters. The molecule has 1 aromatic rings. The van der Waals surface area contributed by atoms with Crippen molar-refractivity contribution >= 4 is 27.5 Å². The standard InChI is InChI=1S/C8H9BrN2O/c1-11-8(12)6-3-2-5(10)4-7(6)9/h2-4H,10H2,1H3,(H,11,12). The fraction of sp³-hybridized carbons (Fsp3) is 0.125. The molecule has 3 nitrogen and oxygen atoms in total. The molecule has 0 aromatic heterocycles. The Balaban J connectivity index is 3.09. The average molecular weight is 229 g/mol. The van der Waals surface area contributed by atoms with Crippen LogP contribution in [0.3, 0.4) is 0 Å². The van der Waals surface area contributed by atoms with Crippen molar-refractivity contribution in [2.24, 2.45) is 0 Å². The van der Waals surface area contributed by atoms with Gasteiger partial charge >= 0.3 is 0 Å². The van der Waals surface area contributed by atoms with E-state index in [2.05, 4.69) is 21.2 Å². The number of nitrogens with one attached hydrogen (secondary N) is 1. The van der Waals surface area contributed by atoms with E-state index in [1.807, 2.05) is 0 Å². The Kier molecular flexibility index (Phi) is 2.70. The van der Waals surface area contributed by atoms with Gasteiger partial charge in [-0.25, -0.2) is 0 Å². The van der Waals surface area contributed by atoms with Crippen molar-refractivity contribution in [3.05, 3.63) is 28.2 Å². The predicted octanol–water partition coefficient (Wildman–Crippen LogP) is 1.39. The maximum absolute atomic E-state index is 11.2. The van der Waals surface area contributed by atoms with Gasteiger partial charge in [-0.2, -0.15) is 0 Å². The van der Waals surface area contributed by atoms with E-state index in [0.717, 1.165) is 0 Å². The van der Waals surface area contributed by atoms with E-state index in [9.17, 15) is 4.79 Å². The molecule has 0 spiro atoms. The maximum Gasteiger partial charge on any atom is 0.252 e. The van der Waals surface area contributed by atoms with E-state index >= 15 is 0 Å². The van der Waals surface area contributed by atoms with E-state index in [0.29, 0.717) is 15.7 Å². The molecule has 1 aromatic carbocycles. The van der Waals surface area contributed by atoms with Crippen molar-refractivity contribution in [2.75, 3.05) is 12.8 Å².